The largest absolute Gasteiger partial charge is 0.380 e. The van der Waals surface area contributed by atoms with Crippen molar-refractivity contribution in [2.75, 3.05) is 45.0 Å². The number of nitro groups is 1. The van der Waals surface area contributed by atoms with Gasteiger partial charge in [-0.05, 0) is 12.1 Å². The van der Waals surface area contributed by atoms with E-state index in [9.17, 15) is 23.3 Å². The molecule has 2 aliphatic heterocycles. The van der Waals surface area contributed by atoms with Crippen LogP contribution < -0.4 is 10.5 Å². The van der Waals surface area contributed by atoms with E-state index in [1.165, 1.54) is 12.1 Å². The van der Waals surface area contributed by atoms with E-state index < -0.39 is 20.6 Å². The maximum absolute atomic E-state index is 12.3. The van der Waals surface area contributed by atoms with Crippen LogP contribution in [0.15, 0.2) is 23.1 Å². The molecule has 3 rings (SSSR count). The second-order valence-electron chi connectivity index (χ2n) is 6.52. The standard InChI is InChI=1S/C15H20N4O7S/c16-27(23,24)12-1-2-13(14(3-12)19(21)22)17-4-10-5-18(9-26-6-10)15(20)11-7-25-8-11/h1-3,10-11,17H,4-9H2,(H2,16,23,24). The Balaban J connectivity index is 1.65. The fourth-order valence-corrected chi connectivity index (χ4v) is 3.44. The van der Waals surface area contributed by atoms with E-state index >= 15 is 0 Å². The third-order valence-electron chi connectivity index (χ3n) is 4.45. The van der Waals surface area contributed by atoms with Crippen molar-refractivity contribution in [2.45, 2.75) is 4.90 Å². The van der Waals surface area contributed by atoms with Gasteiger partial charge in [0.15, 0.2) is 0 Å². The van der Waals surface area contributed by atoms with Crippen LogP contribution in [0, 0.1) is 22.0 Å². The number of anilines is 1. The number of carbonyl (C=O) groups is 1. The highest BCUT2D eigenvalue weighted by molar-refractivity contribution is 7.89. The predicted molar refractivity (Wildman–Crippen MR) is 93.3 cm³/mol. The molecule has 0 aliphatic carbocycles. The van der Waals surface area contributed by atoms with Crippen molar-refractivity contribution in [3.63, 3.8) is 0 Å². The summed E-state index contributed by atoms with van der Waals surface area (Å²) >= 11 is 0. The highest BCUT2D eigenvalue weighted by atomic mass is 32.2. The number of nitro benzene ring substituents is 1. The fraction of sp³-hybridized carbons (Fsp3) is 0.533. The van der Waals surface area contributed by atoms with Crippen LogP contribution in [0.1, 0.15) is 0 Å². The summed E-state index contributed by atoms with van der Waals surface area (Å²) in [7, 11) is -4.04. The lowest BCUT2D eigenvalue weighted by Crippen LogP contribution is -2.51. The van der Waals surface area contributed by atoms with Gasteiger partial charge in [-0.25, -0.2) is 13.6 Å². The number of nitrogens with one attached hydrogen (secondary N) is 1. The van der Waals surface area contributed by atoms with E-state index in [2.05, 4.69) is 5.32 Å². The first-order valence-electron chi connectivity index (χ1n) is 8.25. The number of amides is 1. The maximum atomic E-state index is 12.3. The van der Waals surface area contributed by atoms with Crippen LogP contribution in [0.5, 0.6) is 0 Å². The molecule has 2 aliphatic rings. The monoisotopic (exact) mass is 400 g/mol. The summed E-state index contributed by atoms with van der Waals surface area (Å²) < 4.78 is 33.3. The van der Waals surface area contributed by atoms with Crippen LogP contribution in [0.25, 0.3) is 0 Å². The molecule has 0 saturated carbocycles. The minimum Gasteiger partial charge on any atom is -0.380 e. The first kappa shape index (κ1) is 19.5. The number of rotatable bonds is 6. The van der Waals surface area contributed by atoms with E-state index in [1.807, 2.05) is 0 Å². The summed E-state index contributed by atoms with van der Waals surface area (Å²) in [4.78, 5) is 24.1. The van der Waals surface area contributed by atoms with Crippen molar-refractivity contribution in [2.24, 2.45) is 17.0 Å². The molecule has 0 aromatic heterocycles. The Bertz CT molecular complexity index is 841. The third kappa shape index (κ3) is 4.53. The Hall–Kier alpha value is -2.28. The summed E-state index contributed by atoms with van der Waals surface area (Å²) in [5.74, 6) is -0.220. The van der Waals surface area contributed by atoms with Crippen molar-refractivity contribution >= 4 is 27.3 Å². The number of carbonyl (C=O) groups excluding carboxylic acids is 1. The van der Waals surface area contributed by atoms with Gasteiger partial charge in [0.25, 0.3) is 5.69 Å². The molecule has 1 aromatic rings. The van der Waals surface area contributed by atoms with Crippen molar-refractivity contribution in [1.29, 1.82) is 0 Å². The predicted octanol–water partition coefficient (Wildman–Crippen LogP) is -0.267. The van der Waals surface area contributed by atoms with Crippen LogP contribution in [0.2, 0.25) is 0 Å². The van der Waals surface area contributed by atoms with Crippen LogP contribution >= 0.6 is 0 Å². The minimum absolute atomic E-state index is 0.0190. The van der Waals surface area contributed by atoms with Gasteiger partial charge in [0.05, 0.1) is 35.6 Å². The van der Waals surface area contributed by atoms with Gasteiger partial charge in [0.1, 0.15) is 12.4 Å². The van der Waals surface area contributed by atoms with E-state index in [1.54, 1.807) is 4.90 Å². The zero-order valence-electron chi connectivity index (χ0n) is 14.4. The lowest BCUT2D eigenvalue weighted by molar-refractivity contribution is -0.384. The average Bonchev–Trinajstić information content (AvgIpc) is 2.57. The van der Waals surface area contributed by atoms with Crippen molar-refractivity contribution in [3.05, 3.63) is 28.3 Å². The summed E-state index contributed by atoms with van der Waals surface area (Å²) in [5, 5.41) is 19.2. The molecule has 1 atom stereocenters. The number of benzene rings is 1. The van der Waals surface area contributed by atoms with E-state index in [0.717, 1.165) is 6.07 Å². The minimum atomic E-state index is -4.04. The highest BCUT2D eigenvalue weighted by Crippen LogP contribution is 2.27. The lowest BCUT2D eigenvalue weighted by Gasteiger charge is -2.37. The molecule has 2 heterocycles. The number of hydrogen-bond acceptors (Lipinski definition) is 8. The van der Waals surface area contributed by atoms with E-state index in [-0.39, 0.29) is 35.1 Å². The fourth-order valence-electron chi connectivity index (χ4n) is 2.90. The summed E-state index contributed by atoms with van der Waals surface area (Å²) in [6, 6.07) is 3.42. The average molecular weight is 400 g/mol. The van der Waals surface area contributed by atoms with Crippen molar-refractivity contribution in [3.8, 4) is 0 Å². The Kier molecular flexibility index (Phi) is 5.60. The van der Waals surface area contributed by atoms with Gasteiger partial charge >= 0.3 is 0 Å². The summed E-state index contributed by atoms with van der Waals surface area (Å²) in [6.07, 6.45) is 0. The second kappa shape index (κ2) is 7.76. The zero-order chi connectivity index (χ0) is 19.6. The summed E-state index contributed by atoms with van der Waals surface area (Å²) in [5.41, 5.74) is -0.221. The zero-order valence-corrected chi connectivity index (χ0v) is 15.2. The molecule has 2 saturated heterocycles. The lowest BCUT2D eigenvalue weighted by atomic mass is 10.0. The highest BCUT2D eigenvalue weighted by Gasteiger charge is 2.33. The SMILES string of the molecule is NS(=O)(=O)c1ccc(NCC2COCN(C(=O)C3COC3)C2)c([N+](=O)[O-])c1. The molecular weight excluding hydrogens is 380 g/mol. The molecule has 2 fully saturated rings. The molecule has 0 spiro atoms. The van der Waals surface area contributed by atoms with E-state index in [0.29, 0.717) is 32.9 Å². The molecular formula is C15H20N4O7S. The molecule has 0 bridgehead atoms. The van der Waals surface area contributed by atoms with E-state index in [4.69, 9.17) is 14.6 Å². The smallest absolute Gasteiger partial charge is 0.293 e. The molecule has 148 valence electrons. The topological polar surface area (TPSA) is 154 Å². The van der Waals surface area contributed by atoms with Gasteiger partial charge in [-0.2, -0.15) is 0 Å². The number of primary sulfonamides is 1. The molecule has 12 heteroatoms. The van der Waals surface area contributed by atoms with Crippen LogP contribution in [-0.4, -0.2) is 63.8 Å². The molecule has 1 aromatic carbocycles. The Morgan fingerprint density at radius 2 is 2.07 bits per heavy atom. The second-order valence-corrected chi connectivity index (χ2v) is 8.08. The molecule has 11 nitrogen and oxygen atoms in total. The van der Waals surface area contributed by atoms with Gasteiger partial charge in [0, 0.05) is 25.1 Å². The normalized spacial score (nSPS) is 20.8. The number of sulfonamides is 1. The van der Waals surface area contributed by atoms with Crippen molar-refractivity contribution < 1.29 is 27.6 Å². The van der Waals surface area contributed by atoms with Gasteiger partial charge in [-0.1, -0.05) is 0 Å². The Morgan fingerprint density at radius 3 is 2.67 bits per heavy atom. The van der Waals surface area contributed by atoms with Crippen LogP contribution in [0.4, 0.5) is 11.4 Å². The first-order valence-corrected chi connectivity index (χ1v) is 9.79. The molecule has 1 amide bonds. The number of ether oxygens (including phenoxy) is 2. The van der Waals surface area contributed by atoms with Crippen LogP contribution in [-0.2, 0) is 24.3 Å². The molecule has 27 heavy (non-hydrogen) atoms. The molecule has 0 radical (unpaired) electrons. The number of nitrogens with zero attached hydrogens (tertiary/aromatic N) is 2. The first-order chi connectivity index (χ1) is 12.8. The molecule has 3 N–H and O–H groups in total. The summed E-state index contributed by atoms with van der Waals surface area (Å²) in [6.45, 7) is 2.24. The maximum Gasteiger partial charge on any atom is 0.293 e. The van der Waals surface area contributed by atoms with Gasteiger partial charge < -0.3 is 19.7 Å². The van der Waals surface area contributed by atoms with Crippen LogP contribution in [0.3, 0.4) is 0 Å². The van der Waals surface area contributed by atoms with Gasteiger partial charge in [-0.3, -0.25) is 14.9 Å². The Morgan fingerprint density at radius 1 is 1.33 bits per heavy atom. The third-order valence-corrected chi connectivity index (χ3v) is 5.36. The molecule has 1 unspecified atom stereocenters. The van der Waals surface area contributed by atoms with Gasteiger partial charge in [0.2, 0.25) is 15.9 Å². The Labute approximate surface area is 155 Å². The van der Waals surface area contributed by atoms with Gasteiger partial charge in [-0.15, -0.1) is 0 Å². The number of nitrogens with two attached hydrogens (primary N) is 1. The number of hydrogen-bond donors (Lipinski definition) is 2. The van der Waals surface area contributed by atoms with Crippen molar-refractivity contribution in [1.82, 2.24) is 4.90 Å². The quantitative estimate of drug-likeness (QED) is 0.489.